The van der Waals surface area contributed by atoms with Crippen LogP contribution in [0.3, 0.4) is 0 Å². The molecule has 0 aliphatic carbocycles. The lowest BCUT2D eigenvalue weighted by molar-refractivity contribution is -0.157. The van der Waals surface area contributed by atoms with Crippen molar-refractivity contribution in [3.8, 4) is 0 Å². The Morgan fingerprint density at radius 1 is 1.61 bits per heavy atom. The number of allylic oxidation sites excluding steroid dienone is 1. The van der Waals surface area contributed by atoms with E-state index in [4.69, 9.17) is 4.74 Å². The molecule has 0 aromatic carbocycles. The van der Waals surface area contributed by atoms with Crippen LogP contribution in [-0.4, -0.2) is 41.9 Å². The van der Waals surface area contributed by atoms with Crippen molar-refractivity contribution in [3.63, 3.8) is 0 Å². The summed E-state index contributed by atoms with van der Waals surface area (Å²) in [6.07, 6.45) is -0.935. The monoisotopic (exact) mass is 259 g/mol. The third kappa shape index (κ3) is 2.00. The highest BCUT2D eigenvalue weighted by Gasteiger charge is 2.56. The predicted molar refractivity (Wildman–Crippen MR) is 59.0 cm³/mol. The lowest BCUT2D eigenvalue weighted by Crippen LogP contribution is -2.48. The van der Waals surface area contributed by atoms with Crippen LogP contribution in [-0.2, 0) is 14.3 Å². The molecule has 18 heavy (non-hydrogen) atoms. The van der Waals surface area contributed by atoms with Crippen molar-refractivity contribution in [2.24, 2.45) is 0 Å². The summed E-state index contributed by atoms with van der Waals surface area (Å²) in [4.78, 5) is 25.1. The van der Waals surface area contributed by atoms with Crippen LogP contribution >= 0.6 is 0 Å². The number of nitrogens with zero attached hydrogens (tertiary/aromatic N) is 1. The molecule has 0 saturated carbocycles. The molecule has 0 N–H and O–H groups in total. The molecular formula is C12H15F2NO3. The molecule has 2 aliphatic rings. The van der Waals surface area contributed by atoms with Crippen molar-refractivity contribution < 1.29 is 23.1 Å². The lowest BCUT2D eigenvalue weighted by atomic mass is 9.92. The molecule has 2 fully saturated rings. The number of carbonyl (C=O) groups is 2. The number of ether oxygens (including phenoxy) is 1. The minimum atomic E-state index is -2.56. The summed E-state index contributed by atoms with van der Waals surface area (Å²) < 4.78 is 29.7. The van der Waals surface area contributed by atoms with Gasteiger partial charge in [-0.3, -0.25) is 4.79 Å². The standard InChI is InChI=1S/C12H15F2NO3/c1-2-18-11(17)12-4-3-10(16)15(12)7-8(6-12)5-9(13)14/h5,9H,2-4,6-7H2,1H3/b8-5-. The van der Waals surface area contributed by atoms with Crippen molar-refractivity contribution in [1.29, 1.82) is 0 Å². The quantitative estimate of drug-likeness (QED) is 0.570. The summed E-state index contributed by atoms with van der Waals surface area (Å²) in [5.74, 6) is -0.644. The molecule has 0 aromatic rings. The largest absolute Gasteiger partial charge is 0.464 e. The Balaban J connectivity index is 2.26. The maximum Gasteiger partial charge on any atom is 0.332 e. The van der Waals surface area contributed by atoms with Crippen molar-refractivity contribution in [1.82, 2.24) is 4.90 Å². The molecular weight excluding hydrogens is 244 g/mol. The first kappa shape index (κ1) is 13.0. The van der Waals surface area contributed by atoms with E-state index in [9.17, 15) is 18.4 Å². The van der Waals surface area contributed by atoms with Crippen molar-refractivity contribution in [2.75, 3.05) is 13.2 Å². The highest BCUT2D eigenvalue weighted by Crippen LogP contribution is 2.43. The number of hydrogen-bond acceptors (Lipinski definition) is 3. The molecule has 1 unspecified atom stereocenters. The van der Waals surface area contributed by atoms with Gasteiger partial charge in [0.05, 0.1) is 6.61 Å². The van der Waals surface area contributed by atoms with Crippen LogP contribution in [0.25, 0.3) is 0 Å². The zero-order valence-corrected chi connectivity index (χ0v) is 10.1. The van der Waals surface area contributed by atoms with E-state index in [1.165, 1.54) is 4.90 Å². The average Bonchev–Trinajstić information content (AvgIpc) is 2.78. The summed E-state index contributed by atoms with van der Waals surface area (Å²) in [6, 6.07) is 0. The molecule has 0 aromatic heterocycles. The summed E-state index contributed by atoms with van der Waals surface area (Å²) in [5.41, 5.74) is -0.598. The van der Waals surface area contributed by atoms with Crippen LogP contribution < -0.4 is 0 Å². The fraction of sp³-hybridized carbons (Fsp3) is 0.667. The molecule has 6 heteroatoms. The minimum absolute atomic E-state index is 0.113. The number of carbonyl (C=O) groups excluding carboxylic acids is 2. The molecule has 2 heterocycles. The van der Waals surface area contributed by atoms with E-state index in [1.807, 2.05) is 0 Å². The van der Waals surface area contributed by atoms with Gasteiger partial charge < -0.3 is 9.64 Å². The van der Waals surface area contributed by atoms with Crippen LogP contribution in [0, 0.1) is 0 Å². The fourth-order valence-electron chi connectivity index (χ4n) is 2.72. The Hall–Kier alpha value is -1.46. The zero-order chi connectivity index (χ0) is 13.3. The highest BCUT2D eigenvalue weighted by molar-refractivity contribution is 5.93. The number of esters is 1. The summed E-state index contributed by atoms with van der Waals surface area (Å²) >= 11 is 0. The van der Waals surface area contributed by atoms with E-state index in [2.05, 4.69) is 0 Å². The molecule has 2 saturated heterocycles. The number of rotatable bonds is 3. The van der Waals surface area contributed by atoms with Crippen LogP contribution in [0.4, 0.5) is 8.78 Å². The van der Waals surface area contributed by atoms with E-state index in [0.717, 1.165) is 6.08 Å². The van der Waals surface area contributed by atoms with Crippen LogP contribution in [0.2, 0.25) is 0 Å². The van der Waals surface area contributed by atoms with Crippen molar-refractivity contribution in [2.45, 2.75) is 38.2 Å². The van der Waals surface area contributed by atoms with Gasteiger partial charge in [0, 0.05) is 19.4 Å². The second-order valence-corrected chi connectivity index (χ2v) is 4.57. The summed E-state index contributed by atoms with van der Waals surface area (Å²) in [5, 5.41) is 0. The molecule has 1 atom stereocenters. The molecule has 0 spiro atoms. The smallest absolute Gasteiger partial charge is 0.332 e. The third-order valence-electron chi connectivity index (χ3n) is 3.47. The van der Waals surface area contributed by atoms with Gasteiger partial charge in [0.25, 0.3) is 6.43 Å². The van der Waals surface area contributed by atoms with Crippen molar-refractivity contribution >= 4 is 11.9 Å². The maximum atomic E-state index is 12.3. The second-order valence-electron chi connectivity index (χ2n) is 4.57. The topological polar surface area (TPSA) is 46.6 Å². The van der Waals surface area contributed by atoms with Gasteiger partial charge in [-0.05, 0) is 25.0 Å². The number of fused-ring (bicyclic) bond motifs is 1. The third-order valence-corrected chi connectivity index (χ3v) is 3.47. The van der Waals surface area contributed by atoms with Crippen LogP contribution in [0.15, 0.2) is 11.6 Å². The summed E-state index contributed by atoms with van der Waals surface area (Å²) in [7, 11) is 0. The summed E-state index contributed by atoms with van der Waals surface area (Å²) in [6.45, 7) is 2.01. The Morgan fingerprint density at radius 3 is 2.94 bits per heavy atom. The Morgan fingerprint density at radius 2 is 2.33 bits per heavy atom. The molecule has 100 valence electrons. The van der Waals surface area contributed by atoms with Crippen LogP contribution in [0.1, 0.15) is 26.2 Å². The van der Waals surface area contributed by atoms with Gasteiger partial charge in [-0.1, -0.05) is 0 Å². The van der Waals surface area contributed by atoms with Gasteiger partial charge in [0.1, 0.15) is 5.54 Å². The fourth-order valence-corrected chi connectivity index (χ4v) is 2.72. The second kappa shape index (κ2) is 4.66. The van der Waals surface area contributed by atoms with Crippen LogP contribution in [0.5, 0.6) is 0 Å². The molecule has 0 radical (unpaired) electrons. The van der Waals surface area contributed by atoms with Gasteiger partial charge in [-0.15, -0.1) is 0 Å². The zero-order valence-electron chi connectivity index (χ0n) is 10.1. The number of amides is 1. The highest BCUT2D eigenvalue weighted by atomic mass is 19.3. The maximum absolute atomic E-state index is 12.3. The predicted octanol–water partition coefficient (Wildman–Crippen LogP) is 1.51. The number of alkyl halides is 2. The first-order valence-electron chi connectivity index (χ1n) is 5.95. The molecule has 2 rings (SSSR count). The lowest BCUT2D eigenvalue weighted by Gasteiger charge is -2.28. The van der Waals surface area contributed by atoms with E-state index in [0.29, 0.717) is 12.0 Å². The van der Waals surface area contributed by atoms with Gasteiger partial charge >= 0.3 is 5.97 Å². The molecule has 0 bridgehead atoms. The first-order chi connectivity index (χ1) is 8.49. The van der Waals surface area contributed by atoms with E-state index >= 15 is 0 Å². The van der Waals surface area contributed by atoms with E-state index in [1.54, 1.807) is 6.92 Å². The van der Waals surface area contributed by atoms with E-state index in [-0.39, 0.29) is 31.9 Å². The van der Waals surface area contributed by atoms with Gasteiger partial charge in [-0.2, -0.15) is 0 Å². The number of hydrogen-bond donors (Lipinski definition) is 0. The van der Waals surface area contributed by atoms with Gasteiger partial charge in [0.2, 0.25) is 5.91 Å². The minimum Gasteiger partial charge on any atom is -0.464 e. The van der Waals surface area contributed by atoms with Gasteiger partial charge in [-0.25, -0.2) is 13.6 Å². The average molecular weight is 259 g/mol. The molecule has 2 aliphatic heterocycles. The first-order valence-corrected chi connectivity index (χ1v) is 5.95. The SMILES string of the molecule is CCOC(=O)C12CCC(=O)N1C/C(=C\C(F)F)C2. The molecule has 4 nitrogen and oxygen atoms in total. The number of halogens is 2. The Bertz CT molecular complexity index is 408. The van der Waals surface area contributed by atoms with Gasteiger partial charge in [0.15, 0.2) is 0 Å². The molecule has 1 amide bonds. The normalized spacial score (nSPS) is 29.2. The Kier molecular flexibility index (Phi) is 3.36. The van der Waals surface area contributed by atoms with Crippen molar-refractivity contribution in [3.05, 3.63) is 11.6 Å². The Labute approximate surface area is 104 Å². The van der Waals surface area contributed by atoms with E-state index < -0.39 is 17.9 Å².